The molecule has 0 bridgehead atoms. The second kappa shape index (κ2) is 10.2. The number of urea groups is 1. The Labute approximate surface area is 136 Å². The first-order valence-electron chi connectivity index (χ1n) is 8.20. The molecule has 0 radical (unpaired) electrons. The standard InChI is InChI=1S/C17H25FN2O3/c18-16-7-2-1-5-14(16)8-10-20-17(21)19-9-4-11-22-13-15-6-3-12-23-15/h1-2,5,7,15H,3-4,6,8-13H2,(H2,19,20,21). The molecule has 1 heterocycles. The summed E-state index contributed by atoms with van der Waals surface area (Å²) in [6.45, 7) is 3.03. The molecule has 1 aliphatic heterocycles. The van der Waals surface area contributed by atoms with Gasteiger partial charge in [-0.25, -0.2) is 9.18 Å². The van der Waals surface area contributed by atoms with Crippen molar-refractivity contribution in [1.29, 1.82) is 0 Å². The summed E-state index contributed by atoms with van der Waals surface area (Å²) >= 11 is 0. The molecule has 2 N–H and O–H groups in total. The smallest absolute Gasteiger partial charge is 0.314 e. The lowest BCUT2D eigenvalue weighted by Crippen LogP contribution is -2.37. The molecule has 1 aromatic rings. The van der Waals surface area contributed by atoms with Gasteiger partial charge in [0, 0.05) is 26.3 Å². The van der Waals surface area contributed by atoms with Crippen LogP contribution in [0.25, 0.3) is 0 Å². The minimum Gasteiger partial charge on any atom is -0.379 e. The van der Waals surface area contributed by atoms with Crippen LogP contribution in [0.5, 0.6) is 0 Å². The molecule has 0 aromatic heterocycles. The van der Waals surface area contributed by atoms with Crippen LogP contribution in [-0.2, 0) is 15.9 Å². The fourth-order valence-corrected chi connectivity index (χ4v) is 2.44. The van der Waals surface area contributed by atoms with Crippen molar-refractivity contribution in [2.45, 2.75) is 31.8 Å². The minimum atomic E-state index is -0.238. The molecular weight excluding hydrogens is 299 g/mol. The minimum absolute atomic E-state index is 0.236. The highest BCUT2D eigenvalue weighted by Crippen LogP contribution is 2.11. The molecule has 0 saturated carbocycles. The highest BCUT2D eigenvalue weighted by atomic mass is 19.1. The van der Waals surface area contributed by atoms with Crippen LogP contribution in [0.15, 0.2) is 24.3 Å². The van der Waals surface area contributed by atoms with Crippen molar-refractivity contribution in [3.05, 3.63) is 35.6 Å². The van der Waals surface area contributed by atoms with Crippen LogP contribution in [0.2, 0.25) is 0 Å². The Morgan fingerprint density at radius 2 is 2.13 bits per heavy atom. The van der Waals surface area contributed by atoms with Crippen molar-refractivity contribution in [3.8, 4) is 0 Å². The van der Waals surface area contributed by atoms with Crippen LogP contribution >= 0.6 is 0 Å². The van der Waals surface area contributed by atoms with Crippen LogP contribution < -0.4 is 10.6 Å². The van der Waals surface area contributed by atoms with Crippen LogP contribution in [0, 0.1) is 5.82 Å². The number of benzene rings is 1. The third-order valence-electron chi connectivity index (χ3n) is 3.72. The normalized spacial score (nSPS) is 17.2. The largest absolute Gasteiger partial charge is 0.379 e. The Hall–Kier alpha value is -1.66. The molecule has 1 aliphatic rings. The predicted octanol–water partition coefficient (Wildman–Crippen LogP) is 2.25. The van der Waals surface area contributed by atoms with E-state index in [1.165, 1.54) is 6.07 Å². The van der Waals surface area contributed by atoms with Gasteiger partial charge in [0.15, 0.2) is 0 Å². The summed E-state index contributed by atoms with van der Waals surface area (Å²) in [6.07, 6.45) is 3.66. The van der Waals surface area contributed by atoms with Crippen molar-refractivity contribution in [2.24, 2.45) is 0 Å². The molecular formula is C17H25FN2O3. The van der Waals surface area contributed by atoms with Gasteiger partial charge < -0.3 is 20.1 Å². The number of hydrogen-bond acceptors (Lipinski definition) is 3. The molecule has 1 saturated heterocycles. The molecule has 0 aliphatic carbocycles. The maximum atomic E-state index is 13.4. The molecule has 2 rings (SSSR count). The molecule has 128 valence electrons. The van der Waals surface area contributed by atoms with Gasteiger partial charge in [0.05, 0.1) is 12.7 Å². The predicted molar refractivity (Wildman–Crippen MR) is 85.9 cm³/mol. The number of amides is 2. The van der Waals surface area contributed by atoms with E-state index >= 15 is 0 Å². The van der Waals surface area contributed by atoms with Gasteiger partial charge in [0.2, 0.25) is 0 Å². The van der Waals surface area contributed by atoms with Crippen molar-refractivity contribution in [1.82, 2.24) is 10.6 Å². The lowest BCUT2D eigenvalue weighted by Gasteiger charge is -2.11. The zero-order valence-electron chi connectivity index (χ0n) is 13.4. The summed E-state index contributed by atoms with van der Waals surface area (Å²) in [6, 6.07) is 6.35. The van der Waals surface area contributed by atoms with E-state index in [1.54, 1.807) is 18.2 Å². The van der Waals surface area contributed by atoms with Crippen LogP contribution in [0.3, 0.4) is 0 Å². The molecule has 1 fully saturated rings. The van der Waals surface area contributed by atoms with E-state index in [2.05, 4.69) is 10.6 Å². The molecule has 0 spiro atoms. The Morgan fingerprint density at radius 3 is 2.91 bits per heavy atom. The van der Waals surface area contributed by atoms with Gasteiger partial charge in [0.25, 0.3) is 0 Å². The van der Waals surface area contributed by atoms with Gasteiger partial charge in [0.1, 0.15) is 5.82 Å². The molecule has 23 heavy (non-hydrogen) atoms. The van der Waals surface area contributed by atoms with Crippen LogP contribution in [0.4, 0.5) is 9.18 Å². The number of nitrogens with one attached hydrogen (secondary N) is 2. The van der Waals surface area contributed by atoms with E-state index in [0.717, 1.165) is 25.9 Å². The monoisotopic (exact) mass is 324 g/mol. The van der Waals surface area contributed by atoms with Crippen molar-refractivity contribution < 1.29 is 18.7 Å². The average Bonchev–Trinajstić information content (AvgIpc) is 3.06. The quantitative estimate of drug-likeness (QED) is 0.685. The van der Waals surface area contributed by atoms with Crippen LogP contribution in [-0.4, -0.2) is 45.0 Å². The molecule has 1 aromatic carbocycles. The summed E-state index contributed by atoms with van der Waals surface area (Å²) in [5, 5.41) is 5.47. The third kappa shape index (κ3) is 6.97. The first-order valence-corrected chi connectivity index (χ1v) is 8.20. The fourth-order valence-electron chi connectivity index (χ4n) is 2.44. The molecule has 6 heteroatoms. The summed E-state index contributed by atoms with van der Waals surface area (Å²) in [7, 11) is 0. The second-order valence-electron chi connectivity index (χ2n) is 5.59. The molecule has 5 nitrogen and oxygen atoms in total. The highest BCUT2D eigenvalue weighted by molar-refractivity contribution is 5.73. The zero-order chi connectivity index (χ0) is 16.3. The van der Waals surface area contributed by atoms with E-state index in [4.69, 9.17) is 9.47 Å². The van der Waals surface area contributed by atoms with Gasteiger partial charge in [-0.05, 0) is 37.3 Å². The van der Waals surface area contributed by atoms with Crippen LogP contribution in [0.1, 0.15) is 24.8 Å². The Bertz CT molecular complexity index is 479. The van der Waals surface area contributed by atoms with Gasteiger partial charge >= 0.3 is 6.03 Å². The van der Waals surface area contributed by atoms with E-state index in [9.17, 15) is 9.18 Å². The number of ether oxygens (including phenoxy) is 2. The van der Waals surface area contributed by atoms with Gasteiger partial charge in [-0.3, -0.25) is 0 Å². The first kappa shape index (κ1) is 17.7. The van der Waals surface area contributed by atoms with E-state index < -0.39 is 0 Å². The lowest BCUT2D eigenvalue weighted by molar-refractivity contribution is 0.0168. The van der Waals surface area contributed by atoms with Crippen molar-refractivity contribution in [2.75, 3.05) is 32.9 Å². The summed E-state index contributed by atoms with van der Waals surface area (Å²) < 4.78 is 24.4. The number of rotatable bonds is 9. The second-order valence-corrected chi connectivity index (χ2v) is 5.59. The van der Waals surface area contributed by atoms with Crippen molar-refractivity contribution >= 4 is 6.03 Å². The van der Waals surface area contributed by atoms with E-state index in [-0.39, 0.29) is 18.0 Å². The van der Waals surface area contributed by atoms with Gasteiger partial charge in [-0.15, -0.1) is 0 Å². The van der Waals surface area contributed by atoms with Gasteiger partial charge in [-0.1, -0.05) is 18.2 Å². The topological polar surface area (TPSA) is 59.6 Å². The summed E-state index contributed by atoms with van der Waals surface area (Å²) in [5.74, 6) is -0.238. The van der Waals surface area contributed by atoms with E-state index in [0.29, 0.717) is 38.3 Å². The van der Waals surface area contributed by atoms with Crippen molar-refractivity contribution in [3.63, 3.8) is 0 Å². The van der Waals surface area contributed by atoms with E-state index in [1.807, 2.05) is 0 Å². The molecule has 2 amide bonds. The number of halogens is 1. The fraction of sp³-hybridized carbons (Fsp3) is 0.588. The third-order valence-corrected chi connectivity index (χ3v) is 3.72. The SMILES string of the molecule is O=C(NCCCOCC1CCCO1)NCCc1ccccc1F. The Kier molecular flexibility index (Phi) is 7.83. The molecule has 1 unspecified atom stereocenters. The number of carbonyl (C=O) groups is 1. The maximum Gasteiger partial charge on any atom is 0.314 e. The zero-order valence-corrected chi connectivity index (χ0v) is 13.4. The number of carbonyl (C=O) groups excluding carboxylic acids is 1. The Balaban J connectivity index is 1.44. The summed E-state index contributed by atoms with van der Waals surface area (Å²) in [4.78, 5) is 11.6. The maximum absolute atomic E-state index is 13.4. The lowest BCUT2D eigenvalue weighted by atomic mass is 10.1. The van der Waals surface area contributed by atoms with Gasteiger partial charge in [-0.2, -0.15) is 0 Å². The highest BCUT2D eigenvalue weighted by Gasteiger charge is 2.14. The molecule has 1 atom stereocenters. The first-order chi connectivity index (χ1) is 11.3. The average molecular weight is 324 g/mol. The Morgan fingerprint density at radius 1 is 1.30 bits per heavy atom. The summed E-state index contributed by atoms with van der Waals surface area (Å²) in [5.41, 5.74) is 0.607. The number of hydrogen-bond donors (Lipinski definition) is 2.